The van der Waals surface area contributed by atoms with Crippen LogP contribution in [-0.4, -0.2) is 20.5 Å². The molecule has 0 N–H and O–H groups in total. The van der Waals surface area contributed by atoms with Gasteiger partial charge in [-0.15, -0.1) is 0 Å². The Labute approximate surface area is 146 Å². The van der Waals surface area contributed by atoms with Gasteiger partial charge in [0.05, 0.1) is 10.4 Å². The number of benzene rings is 2. The van der Waals surface area contributed by atoms with Crippen LogP contribution >= 0.6 is 15.9 Å². The van der Waals surface area contributed by atoms with Gasteiger partial charge in [-0.2, -0.15) is 0 Å². The quantitative estimate of drug-likeness (QED) is 0.610. The lowest BCUT2D eigenvalue weighted by molar-refractivity contribution is 0.590. The van der Waals surface area contributed by atoms with Crippen LogP contribution < -0.4 is 5.32 Å². The molecular formula is C17H18BrNO2SSi. The van der Waals surface area contributed by atoms with E-state index in [1.807, 2.05) is 30.3 Å². The van der Waals surface area contributed by atoms with Crippen molar-refractivity contribution in [3.63, 3.8) is 0 Å². The first-order chi connectivity index (χ1) is 10.7. The van der Waals surface area contributed by atoms with Gasteiger partial charge in [0, 0.05) is 15.2 Å². The molecule has 23 heavy (non-hydrogen) atoms. The molecule has 0 aliphatic heterocycles. The molecule has 1 aromatic heterocycles. The summed E-state index contributed by atoms with van der Waals surface area (Å²) in [4.78, 5) is 0.319. The molecule has 2 aromatic carbocycles. The lowest BCUT2D eigenvalue weighted by Crippen LogP contribution is -2.44. The Balaban J connectivity index is 2.40. The van der Waals surface area contributed by atoms with Crippen LogP contribution in [0.2, 0.25) is 19.6 Å². The van der Waals surface area contributed by atoms with Crippen molar-refractivity contribution in [2.24, 2.45) is 0 Å². The summed E-state index contributed by atoms with van der Waals surface area (Å²) in [5, 5.41) is 1.85. The third-order valence-electron chi connectivity index (χ3n) is 3.77. The first-order valence-corrected chi connectivity index (χ1v) is 13.1. The largest absolute Gasteiger partial charge is 0.268 e. The Morgan fingerprint density at radius 2 is 1.61 bits per heavy atom. The van der Waals surface area contributed by atoms with Crippen LogP contribution in [0.5, 0.6) is 0 Å². The van der Waals surface area contributed by atoms with Crippen LogP contribution in [0.4, 0.5) is 0 Å². The van der Waals surface area contributed by atoms with Crippen molar-refractivity contribution in [1.82, 2.24) is 3.97 Å². The molecule has 0 spiro atoms. The maximum absolute atomic E-state index is 13.2. The molecule has 1 heterocycles. The van der Waals surface area contributed by atoms with E-state index in [0.717, 1.165) is 20.7 Å². The van der Waals surface area contributed by atoms with Crippen LogP contribution in [0, 0.1) is 0 Å². The zero-order chi connectivity index (χ0) is 16.8. The molecule has 3 aromatic rings. The van der Waals surface area contributed by atoms with Crippen molar-refractivity contribution < 1.29 is 8.42 Å². The SMILES string of the molecule is C[Si](C)(C)c1cc2cc(Br)ccc2n1S(=O)(=O)c1ccccc1. The fourth-order valence-corrected chi connectivity index (χ4v) is 6.97. The van der Waals surface area contributed by atoms with Gasteiger partial charge in [0.15, 0.2) is 0 Å². The molecule has 0 amide bonds. The number of hydrogen-bond donors (Lipinski definition) is 0. The summed E-state index contributed by atoms with van der Waals surface area (Å²) in [6.45, 7) is 6.48. The van der Waals surface area contributed by atoms with E-state index in [1.54, 1.807) is 24.3 Å². The van der Waals surface area contributed by atoms with Crippen molar-refractivity contribution in [2.75, 3.05) is 0 Å². The Bertz CT molecular complexity index is 973. The zero-order valence-electron chi connectivity index (χ0n) is 13.2. The second-order valence-corrected chi connectivity index (χ2v) is 14.3. The molecule has 0 saturated heterocycles. The molecule has 120 valence electrons. The minimum Gasteiger partial charge on any atom is -0.242 e. The topological polar surface area (TPSA) is 39.1 Å². The molecule has 6 heteroatoms. The van der Waals surface area contributed by atoms with Crippen molar-refractivity contribution in [2.45, 2.75) is 24.5 Å². The lowest BCUT2D eigenvalue weighted by Gasteiger charge is -2.20. The van der Waals surface area contributed by atoms with E-state index >= 15 is 0 Å². The van der Waals surface area contributed by atoms with E-state index < -0.39 is 18.1 Å². The molecule has 0 fully saturated rings. The third-order valence-corrected chi connectivity index (χ3v) is 8.07. The Morgan fingerprint density at radius 1 is 0.957 bits per heavy atom. The minimum atomic E-state index is -3.61. The van der Waals surface area contributed by atoms with Crippen molar-refractivity contribution in [3.05, 3.63) is 59.1 Å². The first-order valence-electron chi connectivity index (χ1n) is 7.33. The molecule has 0 aliphatic rings. The van der Waals surface area contributed by atoms with Crippen LogP contribution in [0.1, 0.15) is 0 Å². The molecule has 3 nitrogen and oxygen atoms in total. The molecule has 0 unspecified atom stereocenters. The highest BCUT2D eigenvalue weighted by Gasteiger charge is 2.29. The van der Waals surface area contributed by atoms with E-state index in [0.29, 0.717) is 4.90 Å². The predicted octanol–water partition coefficient (Wildman–Crippen LogP) is 4.19. The highest BCUT2D eigenvalue weighted by Crippen LogP contribution is 2.25. The molecule has 0 atom stereocenters. The average molecular weight is 408 g/mol. The number of rotatable bonds is 3. The molecule has 0 aliphatic carbocycles. The number of halogens is 1. The van der Waals surface area contributed by atoms with Crippen LogP contribution in [0.3, 0.4) is 0 Å². The standard InChI is InChI=1S/C17H18BrNO2SSi/c1-23(2,3)17-12-13-11-14(18)9-10-16(13)19(17)22(20,21)15-7-5-4-6-8-15/h4-12H,1-3H3. The number of aromatic nitrogens is 1. The third kappa shape index (κ3) is 2.91. The van der Waals surface area contributed by atoms with Gasteiger partial charge in [0.1, 0.15) is 8.07 Å². The van der Waals surface area contributed by atoms with E-state index in [2.05, 4.69) is 35.6 Å². The summed E-state index contributed by atoms with van der Waals surface area (Å²) in [5.74, 6) is 0. The fraction of sp³-hybridized carbons (Fsp3) is 0.176. The smallest absolute Gasteiger partial charge is 0.242 e. The lowest BCUT2D eigenvalue weighted by atomic mass is 10.3. The highest BCUT2D eigenvalue weighted by atomic mass is 79.9. The normalized spacial score (nSPS) is 12.7. The number of hydrogen-bond acceptors (Lipinski definition) is 2. The van der Waals surface area contributed by atoms with Gasteiger partial charge >= 0.3 is 0 Å². The molecule has 3 rings (SSSR count). The fourth-order valence-electron chi connectivity index (χ4n) is 2.64. The second-order valence-electron chi connectivity index (χ2n) is 6.57. The summed E-state index contributed by atoms with van der Waals surface area (Å²) in [6.07, 6.45) is 0. The Morgan fingerprint density at radius 3 is 2.22 bits per heavy atom. The Kier molecular flexibility index (Phi) is 4.02. The first kappa shape index (κ1) is 16.5. The highest BCUT2D eigenvalue weighted by molar-refractivity contribution is 9.10. The number of fused-ring (bicyclic) bond motifs is 1. The number of nitrogens with zero attached hydrogens (tertiary/aromatic N) is 1. The van der Waals surface area contributed by atoms with E-state index in [4.69, 9.17) is 0 Å². The second kappa shape index (κ2) is 5.61. The van der Waals surface area contributed by atoms with Gasteiger partial charge in [-0.3, -0.25) is 0 Å². The van der Waals surface area contributed by atoms with E-state index in [1.165, 1.54) is 3.97 Å². The van der Waals surface area contributed by atoms with Gasteiger partial charge in [-0.25, -0.2) is 12.4 Å². The molecule has 0 saturated carbocycles. The van der Waals surface area contributed by atoms with Gasteiger partial charge in [0.2, 0.25) is 0 Å². The summed E-state index contributed by atoms with van der Waals surface area (Å²) >= 11 is 3.46. The summed E-state index contributed by atoms with van der Waals surface area (Å²) in [5.41, 5.74) is 0.731. The van der Waals surface area contributed by atoms with E-state index in [-0.39, 0.29) is 0 Å². The summed E-state index contributed by atoms with van der Waals surface area (Å²) in [7, 11) is -5.47. The zero-order valence-corrected chi connectivity index (χ0v) is 16.6. The minimum absolute atomic E-state index is 0.319. The maximum atomic E-state index is 13.2. The summed E-state index contributed by atoms with van der Waals surface area (Å²) in [6, 6.07) is 16.4. The predicted molar refractivity (Wildman–Crippen MR) is 102 cm³/mol. The molecule has 0 bridgehead atoms. The van der Waals surface area contributed by atoms with Crippen molar-refractivity contribution in [3.8, 4) is 0 Å². The Hall–Kier alpha value is -1.37. The van der Waals surface area contributed by atoms with Gasteiger partial charge < -0.3 is 0 Å². The maximum Gasteiger partial charge on any atom is 0.268 e. The average Bonchev–Trinajstić information content (AvgIpc) is 2.87. The molecular weight excluding hydrogens is 390 g/mol. The van der Waals surface area contributed by atoms with Crippen LogP contribution in [0.15, 0.2) is 64.0 Å². The summed E-state index contributed by atoms with van der Waals surface area (Å²) < 4.78 is 29.0. The van der Waals surface area contributed by atoms with Gasteiger partial charge in [-0.1, -0.05) is 53.8 Å². The van der Waals surface area contributed by atoms with E-state index in [9.17, 15) is 8.42 Å². The van der Waals surface area contributed by atoms with Crippen LogP contribution in [0.25, 0.3) is 10.9 Å². The monoisotopic (exact) mass is 407 g/mol. The van der Waals surface area contributed by atoms with Gasteiger partial charge in [0.25, 0.3) is 10.0 Å². The van der Waals surface area contributed by atoms with Crippen molar-refractivity contribution >= 4 is 50.2 Å². The van der Waals surface area contributed by atoms with Gasteiger partial charge in [-0.05, 0) is 36.4 Å². The van der Waals surface area contributed by atoms with Crippen molar-refractivity contribution in [1.29, 1.82) is 0 Å². The molecule has 0 radical (unpaired) electrons. The van der Waals surface area contributed by atoms with Crippen LogP contribution in [-0.2, 0) is 10.0 Å².